The third-order valence-corrected chi connectivity index (χ3v) is 10.5. The topological polar surface area (TPSA) is 29.6 Å². The second-order valence-electron chi connectivity index (χ2n) is 11.0. The summed E-state index contributed by atoms with van der Waals surface area (Å²) in [5.74, 6) is 5.94. The highest BCUT2D eigenvalue weighted by Gasteiger charge is 2.82. The van der Waals surface area contributed by atoms with Crippen LogP contribution in [0.4, 0.5) is 0 Å². The molecular formula is C23H32O2. The number of carbonyl (C=O) groups is 1. The third-order valence-electron chi connectivity index (χ3n) is 10.5. The maximum Gasteiger partial charge on any atom is 0.155 e. The van der Waals surface area contributed by atoms with Gasteiger partial charge in [-0.05, 0) is 78.6 Å². The Kier molecular flexibility index (Phi) is 2.63. The smallest absolute Gasteiger partial charge is 0.155 e. The van der Waals surface area contributed by atoms with Crippen molar-refractivity contribution in [1.82, 2.24) is 0 Å². The standard InChI is InChI=1S/C23H32O2/c1-12-13(2)19-16(21(3)7-5-14(24)9-17(12)21)6-8-22(4)20(19)15-10-18(15)23(22)11-25-23/h9,12-13,15-16,18-20H,5-8,10-11H2,1-4H3/t12?,13?,15?,16?,18?,19?,20?,21-,22+,23+/m1/s1. The molecule has 0 N–H and O–H groups in total. The number of allylic oxidation sites excluding steroid dienone is 1. The Morgan fingerprint density at radius 2 is 1.92 bits per heavy atom. The van der Waals surface area contributed by atoms with Crippen molar-refractivity contribution in [2.24, 2.45) is 52.3 Å². The number of hydrogen-bond donors (Lipinski definition) is 0. The molecule has 0 amide bonds. The second-order valence-corrected chi connectivity index (χ2v) is 11.0. The molecule has 6 aliphatic rings. The summed E-state index contributed by atoms with van der Waals surface area (Å²) in [6, 6.07) is 0. The summed E-state index contributed by atoms with van der Waals surface area (Å²) >= 11 is 0. The average molecular weight is 341 g/mol. The highest BCUT2D eigenvalue weighted by Crippen LogP contribution is 2.81. The van der Waals surface area contributed by atoms with Crippen molar-refractivity contribution in [3.63, 3.8) is 0 Å². The molecule has 0 aromatic carbocycles. The van der Waals surface area contributed by atoms with E-state index < -0.39 is 0 Å². The monoisotopic (exact) mass is 340 g/mol. The number of epoxide rings is 1. The van der Waals surface area contributed by atoms with Crippen molar-refractivity contribution in [3.8, 4) is 0 Å². The lowest BCUT2D eigenvalue weighted by atomic mass is 9.42. The van der Waals surface area contributed by atoms with Gasteiger partial charge in [0.15, 0.2) is 5.78 Å². The van der Waals surface area contributed by atoms with E-state index >= 15 is 0 Å². The van der Waals surface area contributed by atoms with Crippen LogP contribution in [-0.2, 0) is 9.53 Å². The van der Waals surface area contributed by atoms with Crippen molar-refractivity contribution in [3.05, 3.63) is 11.6 Å². The number of fused-ring (bicyclic) bond motifs is 9. The predicted octanol–water partition coefficient (Wildman–Crippen LogP) is 4.64. The quantitative estimate of drug-likeness (QED) is 0.602. The van der Waals surface area contributed by atoms with Gasteiger partial charge in [0, 0.05) is 11.8 Å². The highest BCUT2D eigenvalue weighted by atomic mass is 16.6. The van der Waals surface area contributed by atoms with Gasteiger partial charge < -0.3 is 4.74 Å². The lowest BCUT2D eigenvalue weighted by molar-refractivity contribution is -0.122. The van der Waals surface area contributed by atoms with Gasteiger partial charge in [-0.1, -0.05) is 33.3 Å². The van der Waals surface area contributed by atoms with Crippen molar-refractivity contribution in [2.75, 3.05) is 6.61 Å². The van der Waals surface area contributed by atoms with Crippen LogP contribution in [0, 0.1) is 52.3 Å². The van der Waals surface area contributed by atoms with Crippen LogP contribution in [0.2, 0.25) is 0 Å². The van der Waals surface area contributed by atoms with E-state index in [0.29, 0.717) is 23.0 Å². The molecule has 2 nitrogen and oxygen atoms in total. The van der Waals surface area contributed by atoms with Crippen LogP contribution in [0.25, 0.3) is 0 Å². The molecule has 0 radical (unpaired) electrons. The first-order valence-electron chi connectivity index (χ1n) is 10.7. The van der Waals surface area contributed by atoms with E-state index in [1.54, 1.807) is 0 Å². The molecule has 6 rings (SSSR count). The molecule has 2 heteroatoms. The Morgan fingerprint density at radius 3 is 2.64 bits per heavy atom. The number of carbonyl (C=O) groups excluding carboxylic acids is 1. The number of hydrogen-bond acceptors (Lipinski definition) is 2. The average Bonchev–Trinajstić information content (AvgIpc) is 3.46. The molecule has 0 bridgehead atoms. The molecular weight excluding hydrogens is 308 g/mol. The van der Waals surface area contributed by atoms with Gasteiger partial charge in [0.05, 0.1) is 6.61 Å². The third kappa shape index (κ3) is 1.54. The molecule has 5 fully saturated rings. The number of ketones is 1. The summed E-state index contributed by atoms with van der Waals surface area (Å²) in [7, 11) is 0. The van der Waals surface area contributed by atoms with E-state index in [4.69, 9.17) is 4.74 Å². The van der Waals surface area contributed by atoms with Gasteiger partial charge in [-0.3, -0.25) is 4.79 Å². The molecule has 1 saturated heterocycles. The lowest BCUT2D eigenvalue weighted by Crippen LogP contribution is -2.57. The summed E-state index contributed by atoms with van der Waals surface area (Å²) in [5, 5.41) is 0. The summed E-state index contributed by atoms with van der Waals surface area (Å²) < 4.78 is 6.21. The second kappa shape index (κ2) is 4.26. The van der Waals surface area contributed by atoms with Crippen LogP contribution < -0.4 is 0 Å². The SMILES string of the molecule is CC1C2=CC(=O)CC[C@]2(C)C2CC[C@@]3(C)C(C4CC4[C@@]34CO4)C2C1C. The van der Waals surface area contributed by atoms with Gasteiger partial charge >= 0.3 is 0 Å². The van der Waals surface area contributed by atoms with Gasteiger partial charge in [0.1, 0.15) is 5.60 Å². The van der Waals surface area contributed by atoms with Crippen LogP contribution in [0.5, 0.6) is 0 Å². The van der Waals surface area contributed by atoms with E-state index in [2.05, 4.69) is 33.8 Å². The lowest BCUT2D eigenvalue weighted by Gasteiger charge is -2.62. The minimum atomic E-state index is 0.274. The van der Waals surface area contributed by atoms with Crippen LogP contribution in [-0.4, -0.2) is 18.0 Å². The number of ether oxygens (including phenoxy) is 1. The van der Waals surface area contributed by atoms with Crippen LogP contribution in [0.1, 0.15) is 59.8 Å². The van der Waals surface area contributed by atoms with Crippen LogP contribution >= 0.6 is 0 Å². The summed E-state index contributed by atoms with van der Waals surface area (Å²) in [4.78, 5) is 12.2. The fourth-order valence-corrected chi connectivity index (χ4v) is 8.98. The minimum absolute atomic E-state index is 0.274. The normalized spacial score (nSPS) is 64.1. The van der Waals surface area contributed by atoms with Gasteiger partial charge in [0.2, 0.25) is 0 Å². The predicted molar refractivity (Wildman–Crippen MR) is 96.9 cm³/mol. The zero-order chi connectivity index (χ0) is 17.4. The first-order chi connectivity index (χ1) is 11.8. The van der Waals surface area contributed by atoms with Gasteiger partial charge in [-0.25, -0.2) is 0 Å². The van der Waals surface area contributed by atoms with Crippen molar-refractivity contribution >= 4 is 5.78 Å². The maximum absolute atomic E-state index is 12.2. The zero-order valence-corrected chi connectivity index (χ0v) is 16.2. The Hall–Kier alpha value is -0.630. The van der Waals surface area contributed by atoms with E-state index in [9.17, 15) is 4.79 Å². The van der Waals surface area contributed by atoms with Crippen molar-refractivity contribution in [2.45, 2.75) is 65.4 Å². The van der Waals surface area contributed by atoms with E-state index in [-0.39, 0.29) is 11.0 Å². The Balaban J connectivity index is 1.47. The molecule has 0 aromatic heterocycles. The zero-order valence-electron chi connectivity index (χ0n) is 16.2. The fraction of sp³-hybridized carbons (Fsp3) is 0.870. The number of rotatable bonds is 0. The Labute approximate surface area is 151 Å². The fourth-order valence-electron chi connectivity index (χ4n) is 8.98. The van der Waals surface area contributed by atoms with Crippen LogP contribution in [0.15, 0.2) is 11.6 Å². The summed E-state index contributed by atoms with van der Waals surface area (Å²) in [6.07, 6.45) is 8.06. The molecule has 136 valence electrons. The molecule has 7 unspecified atom stereocenters. The molecule has 5 aliphatic carbocycles. The summed E-state index contributed by atoms with van der Waals surface area (Å²) in [5.41, 5.74) is 2.48. The molecule has 1 aliphatic heterocycles. The van der Waals surface area contributed by atoms with Gasteiger partial charge in [-0.15, -0.1) is 0 Å². The maximum atomic E-state index is 12.2. The van der Waals surface area contributed by atoms with Crippen molar-refractivity contribution in [1.29, 1.82) is 0 Å². The van der Waals surface area contributed by atoms with E-state index in [1.807, 2.05) is 0 Å². The molecule has 1 spiro atoms. The first-order valence-corrected chi connectivity index (χ1v) is 10.7. The summed E-state index contributed by atoms with van der Waals surface area (Å²) in [6.45, 7) is 11.1. The molecule has 10 atom stereocenters. The minimum Gasteiger partial charge on any atom is -0.369 e. The van der Waals surface area contributed by atoms with E-state index in [1.165, 1.54) is 24.8 Å². The largest absolute Gasteiger partial charge is 0.369 e. The van der Waals surface area contributed by atoms with Crippen molar-refractivity contribution < 1.29 is 9.53 Å². The highest BCUT2D eigenvalue weighted by molar-refractivity contribution is 5.91. The molecule has 25 heavy (non-hydrogen) atoms. The Bertz CT molecular complexity index is 703. The van der Waals surface area contributed by atoms with Crippen LogP contribution in [0.3, 0.4) is 0 Å². The van der Waals surface area contributed by atoms with E-state index in [0.717, 1.165) is 49.0 Å². The molecule has 0 aromatic rings. The van der Waals surface area contributed by atoms with Gasteiger partial charge in [-0.2, -0.15) is 0 Å². The molecule has 4 saturated carbocycles. The molecule has 1 heterocycles. The first kappa shape index (κ1) is 15.4. The Morgan fingerprint density at radius 1 is 1.16 bits per heavy atom. The van der Waals surface area contributed by atoms with Gasteiger partial charge in [0.25, 0.3) is 0 Å².